The van der Waals surface area contributed by atoms with Crippen LogP contribution in [0, 0.1) is 0 Å². The van der Waals surface area contributed by atoms with Gasteiger partial charge in [-0.2, -0.15) is 0 Å². The first-order chi connectivity index (χ1) is 29.0. The van der Waals surface area contributed by atoms with Crippen molar-refractivity contribution in [2.24, 2.45) is 0 Å². The first kappa shape index (κ1) is 36.1. The zero-order chi connectivity index (χ0) is 40.9. The molecule has 0 spiro atoms. The Balaban J connectivity index is 1.10. The van der Waals surface area contributed by atoms with Crippen molar-refractivity contribution >= 4 is 94.2 Å². The van der Waals surface area contributed by atoms with Gasteiger partial charge in [0.15, 0.2) is 5.58 Å². The Bertz CT molecular complexity index is 3400. The molecule has 3 heterocycles. The maximum Gasteiger partial charge on any atom is 0.161 e. The highest BCUT2D eigenvalue weighted by Crippen LogP contribution is 2.46. The van der Waals surface area contributed by atoms with E-state index in [-0.39, 0.29) is 10.8 Å². The van der Waals surface area contributed by atoms with E-state index in [0.29, 0.717) is 0 Å². The molecule has 0 aliphatic heterocycles. The number of benzene rings is 8. The van der Waals surface area contributed by atoms with Crippen LogP contribution in [0.1, 0.15) is 52.7 Å². The molecule has 0 N–H and O–H groups in total. The Morgan fingerprint density at radius 1 is 0.383 bits per heavy atom. The van der Waals surface area contributed by atoms with Gasteiger partial charge in [-0.1, -0.05) is 120 Å². The van der Waals surface area contributed by atoms with Gasteiger partial charge in [-0.05, 0) is 124 Å². The molecule has 60 heavy (non-hydrogen) atoms. The number of para-hydroxylation sites is 3. The summed E-state index contributed by atoms with van der Waals surface area (Å²) in [6.45, 7) is 13.6. The Kier molecular flexibility index (Phi) is 7.96. The predicted molar refractivity (Wildman–Crippen MR) is 255 cm³/mol. The summed E-state index contributed by atoms with van der Waals surface area (Å²) in [5, 5.41) is 7.12. The average Bonchev–Trinajstić information content (AvgIpc) is 3.89. The number of hydrogen-bond acceptors (Lipinski definition) is 3. The molecule has 0 saturated heterocycles. The molecule has 292 valence electrons. The van der Waals surface area contributed by atoms with Crippen LogP contribution in [0.4, 0.5) is 34.1 Å². The third-order valence-corrected chi connectivity index (χ3v) is 12.3. The summed E-state index contributed by atoms with van der Waals surface area (Å²) >= 11 is 0. The number of anilines is 6. The van der Waals surface area contributed by atoms with Crippen molar-refractivity contribution in [3.8, 4) is 0 Å². The summed E-state index contributed by atoms with van der Waals surface area (Å²) in [5.41, 5.74) is 14.6. The van der Waals surface area contributed by atoms with Crippen molar-refractivity contribution in [1.82, 2.24) is 4.40 Å². The molecule has 11 aromatic rings. The van der Waals surface area contributed by atoms with Gasteiger partial charge in [-0.3, -0.25) is 0 Å². The van der Waals surface area contributed by atoms with E-state index < -0.39 is 0 Å². The van der Waals surface area contributed by atoms with Gasteiger partial charge in [0.1, 0.15) is 11.1 Å². The largest absolute Gasteiger partial charge is 0.454 e. The molecular formula is C56H47N3O. The SMILES string of the molecule is CC(C)(C)c1cccc(N(c2ccccc2)c2ccc3cc4c5cccc6c7oc8cc(N(c9ccccc9)c9cccc(C(C)(C)C)c9)ccc8c7n(c4cc3c2)c56)c1. The average molecular weight is 778 g/mol. The molecule has 11 rings (SSSR count). The van der Waals surface area contributed by atoms with Crippen LogP contribution in [0.25, 0.3) is 60.0 Å². The molecule has 4 nitrogen and oxygen atoms in total. The van der Waals surface area contributed by atoms with Gasteiger partial charge in [0, 0.05) is 61.7 Å². The van der Waals surface area contributed by atoms with Gasteiger partial charge in [0.25, 0.3) is 0 Å². The summed E-state index contributed by atoms with van der Waals surface area (Å²) in [4.78, 5) is 4.71. The summed E-state index contributed by atoms with van der Waals surface area (Å²) in [7, 11) is 0. The molecular weight excluding hydrogens is 731 g/mol. The van der Waals surface area contributed by atoms with Crippen LogP contribution in [0.2, 0.25) is 0 Å². The summed E-state index contributed by atoms with van der Waals surface area (Å²) in [6.07, 6.45) is 0. The number of fused-ring (bicyclic) bond motifs is 9. The first-order valence-corrected chi connectivity index (χ1v) is 21.0. The molecule has 8 aromatic carbocycles. The van der Waals surface area contributed by atoms with Crippen LogP contribution in [0.5, 0.6) is 0 Å². The van der Waals surface area contributed by atoms with Crippen LogP contribution in [-0.4, -0.2) is 4.40 Å². The van der Waals surface area contributed by atoms with Crippen molar-refractivity contribution in [2.75, 3.05) is 9.80 Å². The number of nitrogens with zero attached hydrogens (tertiary/aromatic N) is 3. The predicted octanol–water partition coefficient (Wildman–Crippen LogP) is 16.3. The lowest BCUT2D eigenvalue weighted by atomic mass is 9.87. The van der Waals surface area contributed by atoms with E-state index >= 15 is 0 Å². The van der Waals surface area contributed by atoms with Crippen LogP contribution in [0.3, 0.4) is 0 Å². The minimum atomic E-state index is 0.0224. The van der Waals surface area contributed by atoms with Gasteiger partial charge in [0.05, 0.1) is 11.0 Å². The van der Waals surface area contributed by atoms with Crippen molar-refractivity contribution < 1.29 is 4.42 Å². The van der Waals surface area contributed by atoms with Crippen molar-refractivity contribution in [1.29, 1.82) is 0 Å². The van der Waals surface area contributed by atoms with E-state index in [2.05, 4.69) is 232 Å². The van der Waals surface area contributed by atoms with Gasteiger partial charge in [-0.15, -0.1) is 0 Å². The highest BCUT2D eigenvalue weighted by Gasteiger charge is 2.25. The van der Waals surface area contributed by atoms with Gasteiger partial charge in [0.2, 0.25) is 0 Å². The number of aromatic nitrogens is 1. The molecule has 0 radical (unpaired) electrons. The van der Waals surface area contributed by atoms with Crippen LogP contribution < -0.4 is 9.80 Å². The second kappa shape index (κ2) is 13.2. The van der Waals surface area contributed by atoms with Crippen molar-refractivity contribution in [2.45, 2.75) is 52.4 Å². The Hall–Kier alpha value is -7.04. The van der Waals surface area contributed by atoms with Crippen molar-refractivity contribution in [3.05, 3.63) is 187 Å². The molecule has 0 amide bonds. The highest BCUT2D eigenvalue weighted by atomic mass is 16.3. The fraction of sp³-hybridized carbons (Fsp3) is 0.143. The maximum atomic E-state index is 6.95. The lowest BCUT2D eigenvalue weighted by molar-refractivity contribution is 0.590. The monoisotopic (exact) mass is 777 g/mol. The number of rotatable bonds is 6. The third-order valence-electron chi connectivity index (χ3n) is 12.3. The third kappa shape index (κ3) is 5.73. The van der Waals surface area contributed by atoms with E-state index in [1.54, 1.807) is 0 Å². The fourth-order valence-corrected chi connectivity index (χ4v) is 9.24. The second-order valence-corrected chi connectivity index (χ2v) is 18.3. The highest BCUT2D eigenvalue weighted by molar-refractivity contribution is 6.27. The molecule has 4 heteroatoms. The van der Waals surface area contributed by atoms with Gasteiger partial charge in [-0.25, -0.2) is 0 Å². The van der Waals surface area contributed by atoms with E-state index in [1.165, 1.54) is 43.7 Å². The van der Waals surface area contributed by atoms with E-state index in [4.69, 9.17) is 4.42 Å². The van der Waals surface area contributed by atoms with Crippen LogP contribution in [-0.2, 0) is 10.8 Å². The molecule has 0 saturated carbocycles. The zero-order valence-electron chi connectivity index (χ0n) is 35.0. The Morgan fingerprint density at radius 3 is 1.53 bits per heavy atom. The molecule has 3 aromatic heterocycles. The molecule has 0 unspecified atom stereocenters. The minimum Gasteiger partial charge on any atom is -0.454 e. The van der Waals surface area contributed by atoms with E-state index in [9.17, 15) is 0 Å². The van der Waals surface area contributed by atoms with Gasteiger partial charge < -0.3 is 18.6 Å². The topological polar surface area (TPSA) is 24.0 Å². The standard InChI is InChI=1S/C56H47N3O/c1-55(2,3)38-16-13-22-42(33-38)57(40-18-9-7-10-19-40)44-27-26-36-31-49-46-24-15-25-48-52(46)59(50(49)32-37(36)30-44)53-47-29-28-45(35-51(47)60-54(48)53)58(41-20-11-8-12-21-41)43-23-14-17-39(34-43)56(4,5)6/h7-35H,1-6H3. The summed E-state index contributed by atoms with van der Waals surface area (Å²) < 4.78 is 9.40. The summed E-state index contributed by atoms with van der Waals surface area (Å²) in [5.74, 6) is 0. The zero-order valence-corrected chi connectivity index (χ0v) is 35.0. The first-order valence-electron chi connectivity index (χ1n) is 21.0. The van der Waals surface area contributed by atoms with Gasteiger partial charge >= 0.3 is 0 Å². The number of hydrogen-bond donors (Lipinski definition) is 0. The quantitative estimate of drug-likeness (QED) is 0.168. The lowest BCUT2D eigenvalue weighted by Crippen LogP contribution is -2.14. The summed E-state index contributed by atoms with van der Waals surface area (Å²) in [6, 6.07) is 64.2. The maximum absolute atomic E-state index is 6.95. The fourth-order valence-electron chi connectivity index (χ4n) is 9.24. The molecule has 0 bridgehead atoms. The number of furan rings is 1. The van der Waals surface area contributed by atoms with Crippen molar-refractivity contribution in [3.63, 3.8) is 0 Å². The molecule has 0 aliphatic carbocycles. The normalized spacial score (nSPS) is 12.5. The lowest BCUT2D eigenvalue weighted by Gasteiger charge is -2.28. The van der Waals surface area contributed by atoms with E-state index in [1.807, 2.05) is 0 Å². The Morgan fingerprint density at radius 2 is 0.917 bits per heavy atom. The molecule has 0 fully saturated rings. The smallest absolute Gasteiger partial charge is 0.161 e. The second-order valence-electron chi connectivity index (χ2n) is 18.3. The minimum absolute atomic E-state index is 0.0224. The van der Waals surface area contributed by atoms with Crippen LogP contribution in [0.15, 0.2) is 180 Å². The molecule has 0 aliphatic rings. The van der Waals surface area contributed by atoms with E-state index in [0.717, 1.165) is 61.6 Å². The Labute approximate surface area is 350 Å². The van der Waals surface area contributed by atoms with Crippen LogP contribution >= 0.6 is 0 Å². The molecule has 0 atom stereocenters.